The third-order valence-electron chi connectivity index (χ3n) is 2.31. The molecule has 0 aromatic heterocycles. The topological polar surface area (TPSA) is 72.5 Å². The highest BCUT2D eigenvalue weighted by Crippen LogP contribution is 2.29. The molecule has 3 N–H and O–H groups in total. The zero-order chi connectivity index (χ0) is 8.48. The number of carbonyl (C=O) groups is 1. The van der Waals surface area contributed by atoms with Crippen molar-refractivity contribution < 1.29 is 14.6 Å². The molecule has 0 spiro atoms. The average Bonchev–Trinajstić information content (AvgIpc) is 2.32. The lowest BCUT2D eigenvalue weighted by Crippen LogP contribution is -2.54. The van der Waals surface area contributed by atoms with E-state index in [1.54, 1.807) is 0 Å². The first-order chi connectivity index (χ1) is 5.11. The fourth-order valence-corrected chi connectivity index (χ4v) is 1.57. The van der Waals surface area contributed by atoms with Crippen molar-refractivity contribution in [2.24, 2.45) is 5.73 Å². The summed E-state index contributed by atoms with van der Waals surface area (Å²) in [5, 5.41) is 8.77. The lowest BCUT2D eigenvalue weighted by Gasteiger charge is -2.24. The maximum Gasteiger partial charge on any atom is 0.326 e. The van der Waals surface area contributed by atoms with Crippen molar-refractivity contribution in [1.29, 1.82) is 0 Å². The summed E-state index contributed by atoms with van der Waals surface area (Å²) in [7, 11) is 1.50. The van der Waals surface area contributed by atoms with Gasteiger partial charge in [-0.3, -0.25) is 4.79 Å². The Kier molecular flexibility index (Phi) is 2.15. The largest absolute Gasteiger partial charge is 0.480 e. The predicted molar refractivity (Wildman–Crippen MR) is 39.2 cm³/mol. The van der Waals surface area contributed by atoms with Crippen molar-refractivity contribution in [1.82, 2.24) is 0 Å². The highest BCUT2D eigenvalue weighted by molar-refractivity contribution is 5.79. The van der Waals surface area contributed by atoms with Gasteiger partial charge in [0.1, 0.15) is 5.54 Å². The molecule has 0 saturated heterocycles. The van der Waals surface area contributed by atoms with Gasteiger partial charge in [0.25, 0.3) is 0 Å². The van der Waals surface area contributed by atoms with Crippen molar-refractivity contribution in [3.63, 3.8) is 0 Å². The highest BCUT2D eigenvalue weighted by Gasteiger charge is 2.46. The lowest BCUT2D eigenvalue weighted by atomic mass is 9.97. The zero-order valence-corrected chi connectivity index (χ0v) is 6.54. The van der Waals surface area contributed by atoms with Gasteiger partial charge in [-0.2, -0.15) is 0 Å². The number of nitrogens with two attached hydrogens (primary N) is 1. The van der Waals surface area contributed by atoms with Crippen LogP contribution in [0.3, 0.4) is 0 Å². The van der Waals surface area contributed by atoms with E-state index < -0.39 is 11.5 Å². The molecule has 0 amide bonds. The number of methoxy groups -OCH3 is 1. The van der Waals surface area contributed by atoms with Gasteiger partial charge < -0.3 is 15.6 Å². The van der Waals surface area contributed by atoms with Gasteiger partial charge in [-0.25, -0.2) is 0 Å². The summed E-state index contributed by atoms with van der Waals surface area (Å²) in [4.78, 5) is 10.7. The summed E-state index contributed by atoms with van der Waals surface area (Å²) in [5.41, 5.74) is 4.49. The molecule has 1 aliphatic rings. The van der Waals surface area contributed by atoms with E-state index in [0.717, 1.165) is 12.8 Å². The minimum atomic E-state index is -1.14. The van der Waals surface area contributed by atoms with Crippen LogP contribution in [0.2, 0.25) is 0 Å². The lowest BCUT2D eigenvalue weighted by molar-refractivity contribution is -0.147. The molecule has 0 aromatic rings. The highest BCUT2D eigenvalue weighted by atomic mass is 16.5. The molecule has 0 aliphatic heterocycles. The normalized spacial score (nSPS) is 37.5. The van der Waals surface area contributed by atoms with Crippen LogP contribution in [0, 0.1) is 0 Å². The van der Waals surface area contributed by atoms with Crippen LogP contribution < -0.4 is 5.73 Å². The summed E-state index contributed by atoms with van der Waals surface area (Å²) in [6.07, 6.45) is 1.78. The zero-order valence-electron chi connectivity index (χ0n) is 6.54. The van der Waals surface area contributed by atoms with Crippen LogP contribution >= 0.6 is 0 Å². The van der Waals surface area contributed by atoms with E-state index in [1.165, 1.54) is 7.11 Å². The smallest absolute Gasteiger partial charge is 0.326 e. The van der Waals surface area contributed by atoms with Crippen molar-refractivity contribution >= 4 is 5.97 Å². The first-order valence-corrected chi connectivity index (χ1v) is 3.66. The number of carboxylic acids is 1. The van der Waals surface area contributed by atoms with E-state index in [2.05, 4.69) is 0 Å². The van der Waals surface area contributed by atoms with Crippen LogP contribution in [0.25, 0.3) is 0 Å². The van der Waals surface area contributed by atoms with E-state index in [0.29, 0.717) is 6.42 Å². The monoisotopic (exact) mass is 159 g/mol. The van der Waals surface area contributed by atoms with Crippen LogP contribution in [-0.4, -0.2) is 29.8 Å². The third kappa shape index (κ3) is 1.23. The van der Waals surface area contributed by atoms with Crippen molar-refractivity contribution in [3.05, 3.63) is 0 Å². The molecule has 4 heteroatoms. The number of aliphatic carboxylic acids is 1. The van der Waals surface area contributed by atoms with E-state index in [-0.39, 0.29) is 6.10 Å². The van der Waals surface area contributed by atoms with Crippen LogP contribution in [0.1, 0.15) is 19.3 Å². The number of hydrogen-bond acceptors (Lipinski definition) is 3. The van der Waals surface area contributed by atoms with E-state index >= 15 is 0 Å². The van der Waals surface area contributed by atoms with Gasteiger partial charge >= 0.3 is 5.97 Å². The maximum atomic E-state index is 10.7. The second kappa shape index (κ2) is 2.79. The molecule has 64 valence electrons. The van der Waals surface area contributed by atoms with Gasteiger partial charge in [0.15, 0.2) is 0 Å². The third-order valence-corrected chi connectivity index (χ3v) is 2.31. The van der Waals surface area contributed by atoms with Crippen molar-refractivity contribution in [2.45, 2.75) is 30.9 Å². The van der Waals surface area contributed by atoms with Gasteiger partial charge in [0.2, 0.25) is 0 Å². The summed E-state index contributed by atoms with van der Waals surface area (Å²) in [6.45, 7) is 0. The van der Waals surface area contributed by atoms with Gasteiger partial charge in [-0.05, 0) is 19.3 Å². The molecule has 0 aromatic carbocycles. The Balaban J connectivity index is 2.75. The minimum Gasteiger partial charge on any atom is -0.480 e. The van der Waals surface area contributed by atoms with Gasteiger partial charge in [-0.1, -0.05) is 0 Å². The van der Waals surface area contributed by atoms with Crippen molar-refractivity contribution in [3.8, 4) is 0 Å². The SMILES string of the molecule is CO[C@@H]1CCC[C@]1(N)C(=O)O. The van der Waals surface area contributed by atoms with Crippen LogP contribution in [0.4, 0.5) is 0 Å². The molecule has 11 heavy (non-hydrogen) atoms. The molecule has 1 aliphatic carbocycles. The fourth-order valence-electron chi connectivity index (χ4n) is 1.57. The van der Waals surface area contributed by atoms with Crippen LogP contribution in [0.15, 0.2) is 0 Å². The van der Waals surface area contributed by atoms with E-state index in [4.69, 9.17) is 15.6 Å². The quantitative estimate of drug-likeness (QED) is 0.593. The molecular weight excluding hydrogens is 146 g/mol. The number of rotatable bonds is 2. The Bertz CT molecular complexity index is 171. The second-order valence-electron chi connectivity index (χ2n) is 2.96. The first-order valence-electron chi connectivity index (χ1n) is 3.66. The van der Waals surface area contributed by atoms with E-state index in [9.17, 15) is 4.79 Å². The van der Waals surface area contributed by atoms with Gasteiger partial charge in [0, 0.05) is 7.11 Å². The number of carboxylic acid groups (broad SMARTS) is 1. The summed E-state index contributed by atoms with van der Waals surface area (Å²) < 4.78 is 4.98. The fraction of sp³-hybridized carbons (Fsp3) is 0.857. The second-order valence-corrected chi connectivity index (χ2v) is 2.96. The minimum absolute atomic E-state index is 0.319. The summed E-state index contributed by atoms with van der Waals surface area (Å²) >= 11 is 0. The summed E-state index contributed by atoms with van der Waals surface area (Å²) in [6, 6.07) is 0. The first kappa shape index (κ1) is 8.49. The molecule has 4 nitrogen and oxygen atoms in total. The molecule has 0 unspecified atom stereocenters. The Labute approximate surface area is 65.3 Å². The molecule has 1 fully saturated rings. The Hall–Kier alpha value is -0.610. The van der Waals surface area contributed by atoms with Crippen LogP contribution in [0.5, 0.6) is 0 Å². The Morgan fingerprint density at radius 3 is 2.82 bits per heavy atom. The Morgan fingerprint density at radius 1 is 1.82 bits per heavy atom. The molecule has 0 radical (unpaired) electrons. The average molecular weight is 159 g/mol. The molecule has 1 saturated carbocycles. The van der Waals surface area contributed by atoms with E-state index in [1.807, 2.05) is 0 Å². The standard InChI is InChI=1S/C7H13NO3/c1-11-5-3-2-4-7(5,8)6(9)10/h5H,2-4,8H2,1H3,(H,9,10)/t5-,7-/m1/s1. The molecule has 1 rings (SSSR count). The Morgan fingerprint density at radius 2 is 2.45 bits per heavy atom. The van der Waals surface area contributed by atoms with Crippen LogP contribution in [-0.2, 0) is 9.53 Å². The number of hydrogen-bond donors (Lipinski definition) is 2. The maximum absolute atomic E-state index is 10.7. The molecule has 2 atom stereocenters. The van der Waals surface area contributed by atoms with Crippen molar-refractivity contribution in [2.75, 3.05) is 7.11 Å². The number of ether oxygens (including phenoxy) is 1. The van der Waals surface area contributed by atoms with Gasteiger partial charge in [-0.15, -0.1) is 0 Å². The molecular formula is C7H13NO3. The predicted octanol–water partition coefficient (Wildman–Crippen LogP) is -0.0326. The molecule has 0 bridgehead atoms. The molecule has 0 heterocycles. The summed E-state index contributed by atoms with van der Waals surface area (Å²) in [5.74, 6) is -0.957. The van der Waals surface area contributed by atoms with Gasteiger partial charge in [0.05, 0.1) is 6.10 Å².